The number of hydrogen-bond acceptors (Lipinski definition) is 5. The standard InChI is InChI=1S/C12H20N2O3S/c1-9(2)12(3,15)8-14-11-10(18(4,16)17)6-5-7-13-11/h5-7,9,15H,8H2,1-4H3,(H,13,14). The van der Waals surface area contributed by atoms with E-state index < -0.39 is 15.4 Å². The van der Waals surface area contributed by atoms with Crippen molar-refractivity contribution in [2.45, 2.75) is 31.3 Å². The quantitative estimate of drug-likeness (QED) is 0.844. The molecule has 0 bridgehead atoms. The molecule has 1 heterocycles. The number of sulfone groups is 1. The monoisotopic (exact) mass is 272 g/mol. The first-order valence-corrected chi connectivity index (χ1v) is 7.65. The number of aliphatic hydroxyl groups is 1. The lowest BCUT2D eigenvalue weighted by atomic mass is 9.93. The van der Waals surface area contributed by atoms with E-state index in [0.29, 0.717) is 0 Å². The molecule has 1 unspecified atom stereocenters. The molecule has 0 aliphatic heterocycles. The van der Waals surface area contributed by atoms with Crippen molar-refractivity contribution in [2.75, 3.05) is 18.1 Å². The van der Waals surface area contributed by atoms with E-state index in [9.17, 15) is 13.5 Å². The van der Waals surface area contributed by atoms with Gasteiger partial charge in [0.15, 0.2) is 9.84 Å². The van der Waals surface area contributed by atoms with Crippen LogP contribution in [0.2, 0.25) is 0 Å². The molecule has 6 heteroatoms. The first-order chi connectivity index (χ1) is 8.14. The smallest absolute Gasteiger partial charge is 0.179 e. The average molecular weight is 272 g/mol. The van der Waals surface area contributed by atoms with E-state index in [4.69, 9.17) is 0 Å². The predicted molar refractivity (Wildman–Crippen MR) is 71.3 cm³/mol. The number of nitrogens with one attached hydrogen (secondary N) is 1. The van der Waals surface area contributed by atoms with Crippen LogP contribution in [0.15, 0.2) is 23.2 Å². The first-order valence-electron chi connectivity index (χ1n) is 5.76. The summed E-state index contributed by atoms with van der Waals surface area (Å²) in [6.45, 7) is 5.74. The normalized spacial score (nSPS) is 15.4. The Balaban J connectivity index is 2.94. The van der Waals surface area contributed by atoms with Crippen LogP contribution in [0.3, 0.4) is 0 Å². The number of aromatic nitrogens is 1. The third kappa shape index (κ3) is 3.68. The van der Waals surface area contributed by atoms with E-state index in [1.54, 1.807) is 13.0 Å². The number of hydrogen-bond donors (Lipinski definition) is 2. The molecule has 1 rings (SSSR count). The fourth-order valence-electron chi connectivity index (χ4n) is 1.29. The lowest BCUT2D eigenvalue weighted by Crippen LogP contribution is -2.39. The largest absolute Gasteiger partial charge is 0.388 e. The van der Waals surface area contributed by atoms with Gasteiger partial charge in [0.1, 0.15) is 10.7 Å². The second kappa shape index (κ2) is 5.24. The summed E-state index contributed by atoms with van der Waals surface area (Å²) in [5, 5.41) is 13.0. The van der Waals surface area contributed by atoms with Crippen molar-refractivity contribution < 1.29 is 13.5 Å². The van der Waals surface area contributed by atoms with Crippen molar-refractivity contribution in [3.05, 3.63) is 18.3 Å². The summed E-state index contributed by atoms with van der Waals surface area (Å²) >= 11 is 0. The van der Waals surface area contributed by atoms with E-state index in [1.807, 2.05) is 13.8 Å². The zero-order chi connectivity index (χ0) is 14.0. The molecule has 0 aromatic carbocycles. The zero-order valence-corrected chi connectivity index (χ0v) is 12.0. The molecule has 0 aliphatic carbocycles. The van der Waals surface area contributed by atoms with E-state index in [-0.39, 0.29) is 23.2 Å². The molecule has 1 aromatic heterocycles. The van der Waals surface area contributed by atoms with E-state index in [1.165, 1.54) is 12.3 Å². The minimum absolute atomic E-state index is 0.0513. The Morgan fingerprint density at radius 1 is 1.50 bits per heavy atom. The summed E-state index contributed by atoms with van der Waals surface area (Å²) in [7, 11) is -3.33. The van der Waals surface area contributed by atoms with Crippen LogP contribution in [0.25, 0.3) is 0 Å². The summed E-state index contributed by atoms with van der Waals surface area (Å²) < 4.78 is 23.1. The highest BCUT2D eigenvalue weighted by Crippen LogP contribution is 2.21. The van der Waals surface area contributed by atoms with Gasteiger partial charge in [0.05, 0.1) is 5.60 Å². The van der Waals surface area contributed by atoms with Crippen molar-refractivity contribution in [3.63, 3.8) is 0 Å². The molecule has 0 fully saturated rings. The lowest BCUT2D eigenvalue weighted by Gasteiger charge is -2.28. The average Bonchev–Trinajstić information content (AvgIpc) is 2.25. The van der Waals surface area contributed by atoms with Gasteiger partial charge in [-0.2, -0.15) is 0 Å². The van der Waals surface area contributed by atoms with Crippen molar-refractivity contribution in [1.82, 2.24) is 4.98 Å². The number of nitrogens with zero attached hydrogens (tertiary/aromatic N) is 1. The highest BCUT2D eigenvalue weighted by atomic mass is 32.2. The van der Waals surface area contributed by atoms with Gasteiger partial charge in [0.2, 0.25) is 0 Å². The Bertz CT molecular complexity index is 510. The molecule has 2 N–H and O–H groups in total. The molecule has 102 valence electrons. The second-order valence-corrected chi connectivity index (χ2v) is 6.97. The molecule has 0 spiro atoms. The molecular formula is C12H20N2O3S. The summed E-state index contributed by atoms with van der Waals surface area (Å²) in [6, 6.07) is 3.07. The van der Waals surface area contributed by atoms with Crippen LogP contribution in [-0.2, 0) is 9.84 Å². The molecule has 0 amide bonds. The van der Waals surface area contributed by atoms with Gasteiger partial charge < -0.3 is 10.4 Å². The number of rotatable bonds is 5. The van der Waals surface area contributed by atoms with Gasteiger partial charge in [0, 0.05) is 19.0 Å². The Labute approximate surface area is 108 Å². The SMILES string of the molecule is CC(C)C(C)(O)CNc1ncccc1S(C)(=O)=O. The third-order valence-electron chi connectivity index (χ3n) is 3.03. The maximum atomic E-state index is 11.6. The summed E-state index contributed by atoms with van der Waals surface area (Å²) in [5.41, 5.74) is -0.924. The van der Waals surface area contributed by atoms with Gasteiger partial charge in [-0.05, 0) is 25.0 Å². The fourth-order valence-corrected chi connectivity index (χ4v) is 2.09. The van der Waals surface area contributed by atoms with E-state index in [2.05, 4.69) is 10.3 Å². The van der Waals surface area contributed by atoms with Crippen molar-refractivity contribution in [2.24, 2.45) is 5.92 Å². The van der Waals surface area contributed by atoms with E-state index >= 15 is 0 Å². The van der Waals surface area contributed by atoms with Crippen molar-refractivity contribution in [3.8, 4) is 0 Å². The Morgan fingerprint density at radius 2 is 2.11 bits per heavy atom. The zero-order valence-electron chi connectivity index (χ0n) is 11.1. The minimum Gasteiger partial charge on any atom is -0.388 e. The third-order valence-corrected chi connectivity index (χ3v) is 4.16. The Kier molecular flexibility index (Phi) is 4.34. The fraction of sp³-hybridized carbons (Fsp3) is 0.583. The molecule has 0 radical (unpaired) electrons. The van der Waals surface area contributed by atoms with Crippen LogP contribution < -0.4 is 5.32 Å². The molecule has 5 nitrogen and oxygen atoms in total. The minimum atomic E-state index is -3.33. The summed E-state index contributed by atoms with van der Waals surface area (Å²) in [6.07, 6.45) is 2.65. The molecular weight excluding hydrogens is 252 g/mol. The highest BCUT2D eigenvalue weighted by molar-refractivity contribution is 7.90. The second-order valence-electron chi connectivity index (χ2n) is 4.99. The van der Waals surface area contributed by atoms with Gasteiger partial charge in [-0.3, -0.25) is 0 Å². The Morgan fingerprint density at radius 3 is 2.61 bits per heavy atom. The molecule has 1 aromatic rings. The topological polar surface area (TPSA) is 79.3 Å². The molecule has 18 heavy (non-hydrogen) atoms. The highest BCUT2D eigenvalue weighted by Gasteiger charge is 2.25. The maximum absolute atomic E-state index is 11.6. The van der Waals surface area contributed by atoms with Gasteiger partial charge in [-0.1, -0.05) is 13.8 Å². The Hall–Kier alpha value is -1.14. The van der Waals surface area contributed by atoms with Gasteiger partial charge >= 0.3 is 0 Å². The first kappa shape index (κ1) is 14.9. The van der Waals surface area contributed by atoms with Crippen molar-refractivity contribution >= 4 is 15.7 Å². The molecule has 1 atom stereocenters. The van der Waals surface area contributed by atoms with Crippen LogP contribution in [0, 0.1) is 5.92 Å². The predicted octanol–water partition coefficient (Wildman–Crippen LogP) is 1.30. The van der Waals surface area contributed by atoms with E-state index in [0.717, 1.165) is 6.26 Å². The van der Waals surface area contributed by atoms with Crippen molar-refractivity contribution in [1.29, 1.82) is 0 Å². The molecule has 0 saturated carbocycles. The van der Waals surface area contributed by atoms with Gasteiger partial charge in [-0.25, -0.2) is 13.4 Å². The lowest BCUT2D eigenvalue weighted by molar-refractivity contribution is 0.0265. The molecule has 0 aliphatic rings. The molecule has 0 saturated heterocycles. The number of anilines is 1. The van der Waals surface area contributed by atoms with Crippen LogP contribution in [0.4, 0.5) is 5.82 Å². The van der Waals surface area contributed by atoms with Gasteiger partial charge in [-0.15, -0.1) is 0 Å². The van der Waals surface area contributed by atoms with Crippen LogP contribution in [0.1, 0.15) is 20.8 Å². The summed E-state index contributed by atoms with van der Waals surface area (Å²) in [4.78, 5) is 4.15. The van der Waals surface area contributed by atoms with Crippen LogP contribution in [-0.4, -0.2) is 36.9 Å². The maximum Gasteiger partial charge on any atom is 0.179 e. The van der Waals surface area contributed by atoms with Crippen LogP contribution >= 0.6 is 0 Å². The summed E-state index contributed by atoms with van der Waals surface area (Å²) in [5.74, 6) is 0.330. The van der Waals surface area contributed by atoms with Gasteiger partial charge in [0.25, 0.3) is 0 Å². The number of pyridine rings is 1. The van der Waals surface area contributed by atoms with Crippen LogP contribution in [0.5, 0.6) is 0 Å².